The molecule has 0 saturated carbocycles. The van der Waals surface area contributed by atoms with Gasteiger partial charge in [-0.2, -0.15) is 0 Å². The third-order valence-corrected chi connectivity index (χ3v) is 4.06. The molecule has 100 valence electrons. The number of carbonyl (C=O) groups excluding carboxylic acids is 2. The Labute approximate surface area is 117 Å². The molecular formula is C17H15NO2. The number of hydrogen-bond acceptors (Lipinski definition) is 2. The summed E-state index contributed by atoms with van der Waals surface area (Å²) in [5.74, 6) is -0.478. The van der Waals surface area contributed by atoms with Crippen LogP contribution in [0, 0.1) is 20.8 Å². The number of amides is 2. The van der Waals surface area contributed by atoms with E-state index >= 15 is 0 Å². The number of aryl methyl sites for hydroxylation is 1. The Morgan fingerprint density at radius 3 is 1.85 bits per heavy atom. The molecule has 2 aromatic rings. The highest BCUT2D eigenvalue weighted by molar-refractivity contribution is 6.34. The quantitative estimate of drug-likeness (QED) is 0.741. The zero-order valence-electron chi connectivity index (χ0n) is 11.7. The average molecular weight is 265 g/mol. The minimum atomic E-state index is -0.239. The van der Waals surface area contributed by atoms with Crippen LogP contribution in [-0.4, -0.2) is 11.8 Å². The van der Waals surface area contributed by atoms with E-state index in [0.29, 0.717) is 16.8 Å². The van der Waals surface area contributed by atoms with Crippen LogP contribution in [0.15, 0.2) is 36.4 Å². The number of carbonyl (C=O) groups is 2. The van der Waals surface area contributed by atoms with Crippen LogP contribution in [0.25, 0.3) is 0 Å². The van der Waals surface area contributed by atoms with Gasteiger partial charge in [-0.25, -0.2) is 4.90 Å². The second kappa shape index (κ2) is 4.30. The van der Waals surface area contributed by atoms with Crippen LogP contribution in [0.5, 0.6) is 0 Å². The van der Waals surface area contributed by atoms with Gasteiger partial charge in [0.1, 0.15) is 0 Å². The Balaban J connectivity index is 2.17. The Morgan fingerprint density at radius 2 is 1.30 bits per heavy atom. The van der Waals surface area contributed by atoms with Gasteiger partial charge in [0, 0.05) is 0 Å². The van der Waals surface area contributed by atoms with E-state index in [2.05, 4.69) is 0 Å². The van der Waals surface area contributed by atoms with Crippen LogP contribution in [-0.2, 0) is 0 Å². The van der Waals surface area contributed by atoms with Gasteiger partial charge in [0.25, 0.3) is 11.8 Å². The Bertz CT molecular complexity index is 712. The van der Waals surface area contributed by atoms with Crippen molar-refractivity contribution in [3.05, 3.63) is 64.2 Å². The summed E-state index contributed by atoms with van der Waals surface area (Å²) in [5.41, 5.74) is 4.88. The van der Waals surface area contributed by atoms with Crippen LogP contribution < -0.4 is 4.90 Å². The lowest BCUT2D eigenvalue weighted by Crippen LogP contribution is -2.30. The van der Waals surface area contributed by atoms with Gasteiger partial charge in [-0.05, 0) is 55.7 Å². The van der Waals surface area contributed by atoms with Gasteiger partial charge in [-0.15, -0.1) is 0 Å². The number of fused-ring (bicyclic) bond motifs is 1. The van der Waals surface area contributed by atoms with Crippen molar-refractivity contribution in [2.75, 3.05) is 4.90 Å². The lowest BCUT2D eigenvalue weighted by atomic mass is 10.0. The molecule has 3 rings (SSSR count). The van der Waals surface area contributed by atoms with Crippen LogP contribution in [0.4, 0.5) is 5.69 Å². The molecule has 0 atom stereocenters. The SMILES string of the molecule is Cc1ccc(N2C(=O)c3ccccc3C2=O)c(C)c1C. The van der Waals surface area contributed by atoms with Crippen molar-refractivity contribution >= 4 is 17.5 Å². The summed E-state index contributed by atoms with van der Waals surface area (Å²) in [6.07, 6.45) is 0. The molecular weight excluding hydrogens is 250 g/mol. The number of rotatable bonds is 1. The van der Waals surface area contributed by atoms with E-state index in [1.54, 1.807) is 24.3 Å². The first kappa shape index (κ1) is 12.6. The zero-order valence-corrected chi connectivity index (χ0v) is 11.7. The first-order chi connectivity index (χ1) is 9.52. The summed E-state index contributed by atoms with van der Waals surface area (Å²) in [4.78, 5) is 26.2. The number of benzene rings is 2. The number of imide groups is 1. The highest BCUT2D eigenvalue weighted by Gasteiger charge is 2.37. The van der Waals surface area contributed by atoms with Gasteiger partial charge in [0.15, 0.2) is 0 Å². The fraction of sp³-hybridized carbons (Fsp3) is 0.176. The van der Waals surface area contributed by atoms with Crippen molar-refractivity contribution in [2.24, 2.45) is 0 Å². The molecule has 20 heavy (non-hydrogen) atoms. The van der Waals surface area contributed by atoms with E-state index in [1.165, 1.54) is 4.90 Å². The van der Waals surface area contributed by atoms with Crippen molar-refractivity contribution in [3.8, 4) is 0 Å². The van der Waals surface area contributed by atoms with Crippen molar-refractivity contribution in [3.63, 3.8) is 0 Å². The van der Waals surface area contributed by atoms with E-state index < -0.39 is 0 Å². The monoisotopic (exact) mass is 265 g/mol. The van der Waals surface area contributed by atoms with Gasteiger partial charge in [-0.3, -0.25) is 9.59 Å². The molecule has 0 aromatic heterocycles. The first-order valence-electron chi connectivity index (χ1n) is 6.57. The maximum absolute atomic E-state index is 12.5. The maximum Gasteiger partial charge on any atom is 0.266 e. The van der Waals surface area contributed by atoms with Crippen LogP contribution in [0.1, 0.15) is 37.4 Å². The van der Waals surface area contributed by atoms with Gasteiger partial charge in [-0.1, -0.05) is 18.2 Å². The van der Waals surface area contributed by atoms with Gasteiger partial charge in [0.2, 0.25) is 0 Å². The van der Waals surface area contributed by atoms with Gasteiger partial charge in [0.05, 0.1) is 16.8 Å². The smallest absolute Gasteiger partial charge is 0.266 e. The molecule has 2 amide bonds. The predicted octanol–water partition coefficient (Wildman–Crippen LogP) is 3.41. The molecule has 0 aliphatic carbocycles. The lowest BCUT2D eigenvalue weighted by Gasteiger charge is -2.19. The summed E-state index contributed by atoms with van der Waals surface area (Å²) in [6, 6.07) is 10.7. The molecule has 0 bridgehead atoms. The fourth-order valence-electron chi connectivity index (χ4n) is 2.59. The maximum atomic E-state index is 12.5. The second-order valence-electron chi connectivity index (χ2n) is 5.14. The average Bonchev–Trinajstić information content (AvgIpc) is 2.70. The molecule has 1 aliphatic rings. The van der Waals surface area contributed by atoms with E-state index in [9.17, 15) is 9.59 Å². The molecule has 0 fully saturated rings. The summed E-state index contributed by atoms with van der Waals surface area (Å²) in [7, 11) is 0. The molecule has 3 heteroatoms. The minimum Gasteiger partial charge on any atom is -0.268 e. The lowest BCUT2D eigenvalue weighted by molar-refractivity contribution is 0.0926. The van der Waals surface area contributed by atoms with E-state index in [-0.39, 0.29) is 11.8 Å². The fourth-order valence-corrected chi connectivity index (χ4v) is 2.59. The van der Waals surface area contributed by atoms with Crippen molar-refractivity contribution in [1.82, 2.24) is 0 Å². The Morgan fingerprint density at radius 1 is 0.750 bits per heavy atom. The number of anilines is 1. The summed E-state index contributed by atoms with van der Waals surface area (Å²) >= 11 is 0. The summed E-state index contributed by atoms with van der Waals surface area (Å²) < 4.78 is 0. The predicted molar refractivity (Wildman–Crippen MR) is 78.2 cm³/mol. The van der Waals surface area contributed by atoms with Crippen molar-refractivity contribution < 1.29 is 9.59 Å². The van der Waals surface area contributed by atoms with Crippen LogP contribution in [0.2, 0.25) is 0 Å². The molecule has 1 heterocycles. The molecule has 1 aliphatic heterocycles. The molecule has 0 spiro atoms. The van der Waals surface area contributed by atoms with E-state index in [1.807, 2.05) is 32.9 Å². The Hall–Kier alpha value is -2.42. The summed E-state index contributed by atoms with van der Waals surface area (Å²) in [5, 5.41) is 0. The third kappa shape index (κ3) is 1.59. The van der Waals surface area contributed by atoms with Gasteiger partial charge >= 0.3 is 0 Å². The molecule has 2 aromatic carbocycles. The summed E-state index contributed by atoms with van der Waals surface area (Å²) in [6.45, 7) is 5.97. The van der Waals surface area contributed by atoms with Crippen LogP contribution >= 0.6 is 0 Å². The zero-order chi connectivity index (χ0) is 14.4. The van der Waals surface area contributed by atoms with E-state index in [0.717, 1.165) is 16.7 Å². The molecule has 0 unspecified atom stereocenters. The van der Waals surface area contributed by atoms with Crippen molar-refractivity contribution in [1.29, 1.82) is 0 Å². The normalized spacial score (nSPS) is 13.8. The highest BCUT2D eigenvalue weighted by Crippen LogP contribution is 2.32. The third-order valence-electron chi connectivity index (χ3n) is 4.06. The second-order valence-corrected chi connectivity index (χ2v) is 5.14. The largest absolute Gasteiger partial charge is 0.268 e. The molecule has 0 N–H and O–H groups in total. The van der Waals surface area contributed by atoms with Crippen molar-refractivity contribution in [2.45, 2.75) is 20.8 Å². The Kier molecular flexibility index (Phi) is 2.71. The standard InChI is InChI=1S/C17H15NO2/c1-10-8-9-15(12(3)11(10)2)18-16(19)13-6-4-5-7-14(13)17(18)20/h4-9H,1-3H3. The first-order valence-corrected chi connectivity index (χ1v) is 6.57. The van der Waals surface area contributed by atoms with Crippen LogP contribution in [0.3, 0.4) is 0 Å². The van der Waals surface area contributed by atoms with E-state index in [4.69, 9.17) is 0 Å². The van der Waals surface area contributed by atoms with Gasteiger partial charge < -0.3 is 0 Å². The molecule has 3 nitrogen and oxygen atoms in total. The minimum absolute atomic E-state index is 0.239. The molecule has 0 saturated heterocycles. The highest BCUT2D eigenvalue weighted by atomic mass is 16.2. The topological polar surface area (TPSA) is 37.4 Å². The number of hydrogen-bond donors (Lipinski definition) is 0. The number of nitrogens with zero attached hydrogens (tertiary/aromatic N) is 1. The molecule has 0 radical (unpaired) electrons.